The number of nitrogens with zero attached hydrogens (tertiary/aromatic N) is 1. The predicted octanol–water partition coefficient (Wildman–Crippen LogP) is 2.98. The number of hydrogen-bond donors (Lipinski definition) is 2. The number of ketones is 1. The number of likely N-dealkylation sites (N-methyl/N-ethyl adjacent to an activating group) is 1. The minimum atomic E-state index is 0.0246. The zero-order valence-corrected chi connectivity index (χ0v) is 13.7. The molecule has 2 N–H and O–H groups in total. The maximum absolute atomic E-state index is 12.1. The van der Waals surface area contributed by atoms with Crippen LogP contribution in [0.1, 0.15) is 12.0 Å². The first-order chi connectivity index (χ1) is 10.5. The van der Waals surface area contributed by atoms with E-state index in [1.165, 1.54) is 17.3 Å². The summed E-state index contributed by atoms with van der Waals surface area (Å²) < 4.78 is 0. The van der Waals surface area contributed by atoms with Crippen LogP contribution in [0.4, 0.5) is 5.69 Å². The molecule has 116 valence electrons. The van der Waals surface area contributed by atoms with Crippen LogP contribution >= 0.6 is 11.8 Å². The van der Waals surface area contributed by atoms with Gasteiger partial charge in [0.2, 0.25) is 0 Å². The Morgan fingerprint density at radius 3 is 2.91 bits per heavy atom. The van der Waals surface area contributed by atoms with Gasteiger partial charge in [0.15, 0.2) is 5.78 Å². The van der Waals surface area contributed by atoms with E-state index in [4.69, 9.17) is 0 Å². The Labute approximate surface area is 134 Å². The van der Waals surface area contributed by atoms with Crippen molar-refractivity contribution in [2.75, 3.05) is 32.5 Å². The molecule has 22 heavy (non-hydrogen) atoms. The molecule has 0 bridgehead atoms. The lowest BCUT2D eigenvalue weighted by molar-refractivity contribution is -0.114. The molecular formula is C17H20N2O2S. The lowest BCUT2D eigenvalue weighted by atomic mass is 9.96. The highest BCUT2D eigenvalue weighted by atomic mass is 32.2. The number of benzene rings is 1. The van der Waals surface area contributed by atoms with E-state index in [2.05, 4.69) is 36.4 Å². The molecule has 0 saturated heterocycles. The van der Waals surface area contributed by atoms with Crippen LogP contribution in [-0.2, 0) is 11.2 Å². The molecule has 4 nitrogen and oxygen atoms in total. The number of anilines is 1. The highest BCUT2D eigenvalue weighted by Crippen LogP contribution is 2.44. The molecule has 1 aromatic rings. The minimum absolute atomic E-state index is 0.0246. The molecule has 0 unspecified atom stereocenters. The molecular weight excluding hydrogens is 296 g/mol. The Balaban J connectivity index is 1.85. The third-order valence-electron chi connectivity index (χ3n) is 3.81. The van der Waals surface area contributed by atoms with E-state index in [1.807, 2.05) is 6.07 Å². The number of thioether (sulfide) groups is 1. The summed E-state index contributed by atoms with van der Waals surface area (Å²) in [5, 5.41) is 13.2. The summed E-state index contributed by atoms with van der Waals surface area (Å²) in [4.78, 5) is 16.1. The molecule has 1 heterocycles. The Bertz CT molecular complexity index is 677. The molecule has 0 radical (unpaired) electrons. The number of hydrogen-bond acceptors (Lipinski definition) is 5. The second kappa shape index (κ2) is 6.18. The van der Waals surface area contributed by atoms with Gasteiger partial charge in [-0.25, -0.2) is 0 Å². The van der Waals surface area contributed by atoms with Crippen LogP contribution in [0.15, 0.2) is 45.4 Å². The molecule has 2 aliphatic rings. The molecule has 1 aromatic carbocycles. The number of allylic oxidation sites excluding steroid dienone is 4. The Morgan fingerprint density at radius 2 is 2.14 bits per heavy atom. The molecule has 1 aliphatic carbocycles. The van der Waals surface area contributed by atoms with Gasteiger partial charge < -0.3 is 15.3 Å². The maximum Gasteiger partial charge on any atom is 0.177 e. The normalized spacial score (nSPS) is 17.2. The second-order valence-electron chi connectivity index (χ2n) is 5.88. The molecule has 0 saturated carbocycles. The summed E-state index contributed by atoms with van der Waals surface area (Å²) in [7, 11) is 4.10. The number of Topliss-reactive ketones (excluding diaryl/α,β-unsaturated/α-hetero) is 1. The van der Waals surface area contributed by atoms with Crippen LogP contribution < -0.4 is 5.32 Å². The van der Waals surface area contributed by atoms with Crippen LogP contribution in [0, 0.1) is 0 Å². The highest BCUT2D eigenvalue weighted by molar-refractivity contribution is 8.04. The molecule has 5 heteroatoms. The Hall–Kier alpha value is -1.72. The van der Waals surface area contributed by atoms with Crippen molar-refractivity contribution in [2.24, 2.45) is 0 Å². The van der Waals surface area contributed by atoms with Crippen molar-refractivity contribution in [2.45, 2.75) is 17.7 Å². The van der Waals surface area contributed by atoms with E-state index < -0.39 is 0 Å². The zero-order chi connectivity index (χ0) is 15.7. The zero-order valence-electron chi connectivity index (χ0n) is 12.8. The van der Waals surface area contributed by atoms with E-state index in [9.17, 15) is 9.90 Å². The second-order valence-corrected chi connectivity index (χ2v) is 6.93. The largest absolute Gasteiger partial charge is 0.512 e. The van der Waals surface area contributed by atoms with Crippen molar-refractivity contribution in [1.82, 2.24) is 4.90 Å². The number of carbonyl (C=O) groups excluding carboxylic acids is 1. The minimum Gasteiger partial charge on any atom is -0.512 e. The lowest BCUT2D eigenvalue weighted by Gasteiger charge is -2.25. The summed E-state index contributed by atoms with van der Waals surface area (Å²) in [6.07, 6.45) is 2.57. The van der Waals surface area contributed by atoms with E-state index in [0.717, 1.165) is 34.2 Å². The fourth-order valence-electron chi connectivity index (χ4n) is 2.72. The number of carbonyl (C=O) groups is 1. The summed E-state index contributed by atoms with van der Waals surface area (Å²) in [6, 6.07) is 6.16. The number of aliphatic hydroxyl groups is 1. The average molecular weight is 316 g/mol. The van der Waals surface area contributed by atoms with Crippen LogP contribution in [0.3, 0.4) is 0 Å². The van der Waals surface area contributed by atoms with Gasteiger partial charge in [-0.1, -0.05) is 17.8 Å². The number of rotatable bonds is 4. The Morgan fingerprint density at radius 1 is 1.32 bits per heavy atom. The van der Waals surface area contributed by atoms with Crippen molar-refractivity contribution in [3.8, 4) is 0 Å². The summed E-state index contributed by atoms with van der Waals surface area (Å²) in [5.74, 6) is 0.197. The maximum atomic E-state index is 12.1. The monoisotopic (exact) mass is 316 g/mol. The van der Waals surface area contributed by atoms with Crippen molar-refractivity contribution in [3.05, 3.63) is 46.1 Å². The quantitative estimate of drug-likeness (QED) is 0.894. The third-order valence-corrected chi connectivity index (χ3v) is 5.11. The topological polar surface area (TPSA) is 52.6 Å². The first-order valence-corrected chi connectivity index (χ1v) is 8.20. The number of fused-ring (bicyclic) bond motifs is 1. The summed E-state index contributed by atoms with van der Waals surface area (Å²) >= 11 is 1.53. The SMILES string of the molecule is CN(C)CCNc1cccc2c1CC1=C(S2)C(=O)CC(O)=C1. The fraction of sp³-hybridized carbons (Fsp3) is 0.353. The summed E-state index contributed by atoms with van der Waals surface area (Å²) in [6.45, 7) is 1.84. The van der Waals surface area contributed by atoms with Gasteiger partial charge in [-0.05, 0) is 43.4 Å². The number of aliphatic hydroxyl groups excluding tert-OH is 1. The van der Waals surface area contributed by atoms with Crippen molar-refractivity contribution >= 4 is 23.2 Å². The van der Waals surface area contributed by atoms with Gasteiger partial charge >= 0.3 is 0 Å². The van der Waals surface area contributed by atoms with Crippen LogP contribution in [0.5, 0.6) is 0 Å². The van der Waals surface area contributed by atoms with Gasteiger partial charge in [0.05, 0.1) is 11.3 Å². The van der Waals surface area contributed by atoms with Crippen LogP contribution in [-0.4, -0.2) is 43.0 Å². The van der Waals surface area contributed by atoms with E-state index in [0.29, 0.717) is 6.42 Å². The van der Waals surface area contributed by atoms with E-state index in [-0.39, 0.29) is 18.0 Å². The van der Waals surface area contributed by atoms with Crippen molar-refractivity contribution < 1.29 is 9.90 Å². The highest BCUT2D eigenvalue weighted by Gasteiger charge is 2.28. The standard InChI is InChI=1S/C17H20N2O2S/c1-19(2)7-6-18-14-4-3-5-16-13(14)9-11-8-12(20)10-15(21)17(11)22-16/h3-5,8,18,20H,6-7,9-10H2,1-2H3. The first-order valence-electron chi connectivity index (χ1n) is 7.39. The van der Waals surface area contributed by atoms with E-state index in [1.54, 1.807) is 6.08 Å². The lowest BCUT2D eigenvalue weighted by Crippen LogP contribution is -2.21. The van der Waals surface area contributed by atoms with E-state index >= 15 is 0 Å². The molecule has 0 atom stereocenters. The van der Waals surface area contributed by atoms with Crippen molar-refractivity contribution in [3.63, 3.8) is 0 Å². The van der Waals surface area contributed by atoms with Gasteiger partial charge in [0.1, 0.15) is 5.76 Å². The molecule has 3 rings (SSSR count). The predicted molar refractivity (Wildman–Crippen MR) is 90.4 cm³/mol. The number of nitrogens with one attached hydrogen (secondary N) is 1. The molecule has 0 amide bonds. The van der Waals surface area contributed by atoms with Gasteiger partial charge in [-0.3, -0.25) is 4.79 Å². The first kappa shape index (κ1) is 15.2. The molecule has 1 aliphatic heterocycles. The van der Waals surface area contributed by atoms with Gasteiger partial charge in [0.25, 0.3) is 0 Å². The van der Waals surface area contributed by atoms with Gasteiger partial charge in [-0.2, -0.15) is 0 Å². The van der Waals surface area contributed by atoms with Crippen LogP contribution in [0.25, 0.3) is 0 Å². The van der Waals surface area contributed by atoms with Crippen LogP contribution in [0.2, 0.25) is 0 Å². The smallest absolute Gasteiger partial charge is 0.177 e. The summed E-state index contributed by atoms with van der Waals surface area (Å²) in [5.41, 5.74) is 3.26. The molecule has 0 spiro atoms. The third kappa shape index (κ3) is 3.05. The van der Waals surface area contributed by atoms with Gasteiger partial charge in [0, 0.05) is 30.1 Å². The average Bonchev–Trinajstić information content (AvgIpc) is 2.45. The Kier molecular flexibility index (Phi) is 4.27. The van der Waals surface area contributed by atoms with Gasteiger partial charge in [-0.15, -0.1) is 0 Å². The fourth-order valence-corrected chi connectivity index (χ4v) is 3.84. The molecule has 0 aromatic heterocycles. The molecule has 0 fully saturated rings. The van der Waals surface area contributed by atoms with Crippen molar-refractivity contribution in [1.29, 1.82) is 0 Å².